The number of piperidine rings is 1. The number of carbonyl (C=O) groups excluding carboxylic acids is 1. The number of rotatable bonds is 12. The lowest BCUT2D eigenvalue weighted by Gasteiger charge is -2.26. The molecule has 8 nitrogen and oxygen atoms in total. The number of carbonyl (C=O) groups is 1. The van der Waals surface area contributed by atoms with E-state index >= 15 is 0 Å². The second kappa shape index (κ2) is 13.0. The lowest BCUT2D eigenvalue weighted by atomic mass is 10.1. The predicted octanol–water partition coefficient (Wildman–Crippen LogP) is 4.48. The van der Waals surface area contributed by atoms with Crippen molar-refractivity contribution < 1.29 is 27.4 Å². The Balaban J connectivity index is 1.67. The van der Waals surface area contributed by atoms with Gasteiger partial charge in [-0.15, -0.1) is 0 Å². The molecule has 0 unspecified atom stereocenters. The van der Waals surface area contributed by atoms with Crippen LogP contribution in [-0.4, -0.2) is 52.0 Å². The van der Waals surface area contributed by atoms with Gasteiger partial charge >= 0.3 is 0 Å². The van der Waals surface area contributed by atoms with Gasteiger partial charge in [-0.3, -0.25) is 4.79 Å². The van der Waals surface area contributed by atoms with Gasteiger partial charge in [-0.25, -0.2) is 8.42 Å². The monoisotopic (exact) mass is 518 g/mol. The zero-order valence-electron chi connectivity index (χ0n) is 21.7. The number of sulfonamides is 1. The van der Waals surface area contributed by atoms with Crippen molar-refractivity contribution in [2.75, 3.05) is 33.4 Å². The molecule has 0 spiro atoms. The molecule has 0 radical (unpaired) electrons. The lowest BCUT2D eigenvalue weighted by molar-refractivity contribution is -0.121. The van der Waals surface area contributed by atoms with E-state index in [1.165, 1.54) is 0 Å². The standard InChI is InChI=1S/C27H38N2O6S/c1-5-34-25-13-10-21(19-26(25)35-6-2)20(3)28-27(30)15-11-22-18-23(12-14-24(22)33-4)36(31,32)29-16-8-7-9-17-29/h10,12-14,18-20H,5-9,11,15-17H2,1-4H3,(H,28,30)/t20-/m0/s1. The van der Waals surface area contributed by atoms with Crippen LogP contribution in [0.4, 0.5) is 0 Å². The maximum Gasteiger partial charge on any atom is 0.243 e. The quantitative estimate of drug-likeness (QED) is 0.445. The third kappa shape index (κ3) is 6.91. The molecular formula is C27H38N2O6S. The summed E-state index contributed by atoms with van der Waals surface area (Å²) in [6.45, 7) is 7.88. The average Bonchev–Trinajstić information content (AvgIpc) is 2.89. The van der Waals surface area contributed by atoms with Gasteiger partial charge in [0.05, 0.1) is 31.3 Å². The largest absolute Gasteiger partial charge is 0.496 e. The summed E-state index contributed by atoms with van der Waals surface area (Å²) in [5, 5.41) is 3.02. The Morgan fingerprint density at radius 3 is 2.31 bits per heavy atom. The molecule has 1 amide bonds. The van der Waals surface area contributed by atoms with E-state index in [0.717, 1.165) is 24.8 Å². The zero-order valence-corrected chi connectivity index (χ0v) is 22.5. The SMILES string of the molecule is CCOc1ccc([C@H](C)NC(=O)CCc2cc(S(=O)(=O)N3CCCCC3)ccc2OC)cc1OCC. The molecule has 1 aliphatic heterocycles. The van der Waals surface area contributed by atoms with Crippen LogP contribution in [0.5, 0.6) is 17.2 Å². The first-order valence-electron chi connectivity index (χ1n) is 12.7. The van der Waals surface area contributed by atoms with Crippen LogP contribution in [0.15, 0.2) is 41.3 Å². The second-order valence-corrected chi connectivity index (χ2v) is 10.7. The van der Waals surface area contributed by atoms with Gasteiger partial charge in [0.25, 0.3) is 0 Å². The highest BCUT2D eigenvalue weighted by Crippen LogP contribution is 2.31. The highest BCUT2D eigenvalue weighted by atomic mass is 32.2. The summed E-state index contributed by atoms with van der Waals surface area (Å²) in [5.41, 5.74) is 1.60. The highest BCUT2D eigenvalue weighted by Gasteiger charge is 2.26. The van der Waals surface area contributed by atoms with E-state index < -0.39 is 10.0 Å². The number of amides is 1. The van der Waals surface area contributed by atoms with E-state index in [4.69, 9.17) is 14.2 Å². The summed E-state index contributed by atoms with van der Waals surface area (Å²) >= 11 is 0. The minimum Gasteiger partial charge on any atom is -0.496 e. The van der Waals surface area contributed by atoms with Gasteiger partial charge < -0.3 is 19.5 Å². The van der Waals surface area contributed by atoms with E-state index in [1.807, 2.05) is 39.0 Å². The molecule has 9 heteroatoms. The van der Waals surface area contributed by atoms with Crippen LogP contribution in [0.1, 0.15) is 63.6 Å². The molecule has 2 aromatic carbocycles. The zero-order chi connectivity index (χ0) is 26.1. The van der Waals surface area contributed by atoms with Crippen LogP contribution < -0.4 is 19.5 Å². The average molecular weight is 519 g/mol. The number of nitrogens with zero attached hydrogens (tertiary/aromatic N) is 1. The van der Waals surface area contributed by atoms with Gasteiger partial charge in [0.2, 0.25) is 15.9 Å². The van der Waals surface area contributed by atoms with Crippen molar-refractivity contribution >= 4 is 15.9 Å². The summed E-state index contributed by atoms with van der Waals surface area (Å²) in [4.78, 5) is 13.0. The molecule has 0 aromatic heterocycles. The molecule has 1 fully saturated rings. The van der Waals surface area contributed by atoms with Crippen molar-refractivity contribution in [2.24, 2.45) is 0 Å². The normalized spacial score (nSPS) is 15.2. The van der Waals surface area contributed by atoms with Gasteiger partial charge in [0, 0.05) is 19.5 Å². The fraction of sp³-hybridized carbons (Fsp3) is 0.519. The Labute approximate surface area is 215 Å². The maximum absolute atomic E-state index is 13.1. The molecule has 2 aromatic rings. The van der Waals surface area contributed by atoms with Crippen LogP contribution in [0.25, 0.3) is 0 Å². The van der Waals surface area contributed by atoms with E-state index in [1.54, 1.807) is 29.6 Å². The van der Waals surface area contributed by atoms with E-state index in [9.17, 15) is 13.2 Å². The molecule has 36 heavy (non-hydrogen) atoms. The third-order valence-electron chi connectivity index (χ3n) is 6.27. The van der Waals surface area contributed by atoms with Gasteiger partial charge in [0.15, 0.2) is 11.5 Å². The Morgan fingerprint density at radius 1 is 0.972 bits per heavy atom. The van der Waals surface area contributed by atoms with Crippen molar-refractivity contribution in [3.05, 3.63) is 47.5 Å². The molecule has 1 N–H and O–H groups in total. The molecular weight excluding hydrogens is 480 g/mol. The minimum atomic E-state index is -3.56. The smallest absolute Gasteiger partial charge is 0.243 e. The van der Waals surface area contributed by atoms with Gasteiger partial charge in [-0.1, -0.05) is 12.5 Å². The molecule has 1 aliphatic rings. The van der Waals surface area contributed by atoms with Crippen LogP contribution in [-0.2, 0) is 21.2 Å². The van der Waals surface area contributed by atoms with Crippen molar-refractivity contribution in [3.63, 3.8) is 0 Å². The number of ether oxygens (including phenoxy) is 3. The number of nitrogens with one attached hydrogen (secondary N) is 1. The molecule has 3 rings (SSSR count). The molecule has 0 saturated carbocycles. The molecule has 0 bridgehead atoms. The summed E-state index contributed by atoms with van der Waals surface area (Å²) in [6, 6.07) is 10.3. The van der Waals surface area contributed by atoms with Crippen LogP contribution in [0, 0.1) is 0 Å². The number of methoxy groups -OCH3 is 1. The fourth-order valence-electron chi connectivity index (χ4n) is 4.35. The highest BCUT2D eigenvalue weighted by molar-refractivity contribution is 7.89. The Kier molecular flexibility index (Phi) is 10.0. The number of hydrogen-bond donors (Lipinski definition) is 1. The number of aryl methyl sites for hydroxylation is 1. The van der Waals surface area contributed by atoms with Crippen molar-refractivity contribution in [1.82, 2.24) is 9.62 Å². The molecule has 1 atom stereocenters. The van der Waals surface area contributed by atoms with Crippen molar-refractivity contribution in [3.8, 4) is 17.2 Å². The maximum atomic E-state index is 13.1. The summed E-state index contributed by atoms with van der Waals surface area (Å²) < 4.78 is 44.5. The molecule has 1 heterocycles. The molecule has 198 valence electrons. The first-order chi connectivity index (χ1) is 17.3. The van der Waals surface area contributed by atoms with Crippen LogP contribution >= 0.6 is 0 Å². The third-order valence-corrected chi connectivity index (χ3v) is 8.17. The van der Waals surface area contributed by atoms with Gasteiger partial charge in [0.1, 0.15) is 5.75 Å². The Hall–Kier alpha value is -2.78. The number of benzene rings is 2. The topological polar surface area (TPSA) is 94.2 Å². The molecule has 0 aliphatic carbocycles. The molecule has 1 saturated heterocycles. The second-order valence-electron chi connectivity index (χ2n) is 8.80. The predicted molar refractivity (Wildman–Crippen MR) is 139 cm³/mol. The first-order valence-corrected chi connectivity index (χ1v) is 14.1. The van der Waals surface area contributed by atoms with Crippen molar-refractivity contribution in [2.45, 2.75) is 63.8 Å². The Bertz CT molecular complexity index is 1130. The Morgan fingerprint density at radius 2 is 1.64 bits per heavy atom. The van der Waals surface area contributed by atoms with Gasteiger partial charge in [-0.05, 0) is 81.5 Å². The summed E-state index contributed by atoms with van der Waals surface area (Å²) in [5.74, 6) is 1.75. The first kappa shape index (κ1) is 27.8. The van der Waals surface area contributed by atoms with E-state index in [0.29, 0.717) is 55.5 Å². The lowest BCUT2D eigenvalue weighted by Crippen LogP contribution is -2.35. The van der Waals surface area contributed by atoms with Crippen LogP contribution in [0.3, 0.4) is 0 Å². The minimum absolute atomic E-state index is 0.138. The number of hydrogen-bond acceptors (Lipinski definition) is 6. The van der Waals surface area contributed by atoms with Crippen molar-refractivity contribution in [1.29, 1.82) is 0 Å². The van der Waals surface area contributed by atoms with E-state index in [2.05, 4.69) is 5.32 Å². The summed E-state index contributed by atoms with van der Waals surface area (Å²) in [6.07, 6.45) is 3.36. The van der Waals surface area contributed by atoms with E-state index in [-0.39, 0.29) is 23.3 Å². The van der Waals surface area contributed by atoms with Crippen LogP contribution in [0.2, 0.25) is 0 Å². The summed E-state index contributed by atoms with van der Waals surface area (Å²) in [7, 11) is -2.02. The fourth-order valence-corrected chi connectivity index (χ4v) is 5.92. The van der Waals surface area contributed by atoms with Gasteiger partial charge in [-0.2, -0.15) is 4.31 Å².